The lowest BCUT2D eigenvalue weighted by atomic mass is 10.2. The Hall–Kier alpha value is -0.120. The van der Waals surface area contributed by atoms with Crippen molar-refractivity contribution in [2.75, 3.05) is 19.8 Å². The highest BCUT2D eigenvalue weighted by Gasteiger charge is 2.29. The van der Waals surface area contributed by atoms with Gasteiger partial charge in [0.15, 0.2) is 6.29 Å². The molecule has 0 aliphatic carbocycles. The Morgan fingerprint density at radius 1 is 1.07 bits per heavy atom. The standard InChI is InChI=1S/C12H25NO2/c1-5-14-12(15-6-2)9-13-10(3)7-8-11(13)4/h10-12H,5-9H2,1-4H3/t10-,11-/m0/s1. The second-order valence-corrected chi connectivity index (χ2v) is 4.31. The van der Waals surface area contributed by atoms with Crippen LogP contribution in [0.1, 0.15) is 40.5 Å². The van der Waals surface area contributed by atoms with Gasteiger partial charge in [0, 0.05) is 25.3 Å². The van der Waals surface area contributed by atoms with E-state index in [4.69, 9.17) is 9.47 Å². The molecule has 1 aliphatic rings. The Kier molecular flexibility index (Phi) is 5.58. The number of hydrogen-bond donors (Lipinski definition) is 0. The first-order valence-electron chi connectivity index (χ1n) is 6.18. The number of nitrogens with zero attached hydrogens (tertiary/aromatic N) is 1. The first-order chi connectivity index (χ1) is 7.19. The summed E-state index contributed by atoms with van der Waals surface area (Å²) in [4.78, 5) is 2.50. The fourth-order valence-corrected chi connectivity index (χ4v) is 2.31. The number of likely N-dealkylation sites (tertiary alicyclic amines) is 1. The fourth-order valence-electron chi connectivity index (χ4n) is 2.31. The van der Waals surface area contributed by atoms with Crippen molar-refractivity contribution < 1.29 is 9.47 Å². The van der Waals surface area contributed by atoms with Crippen LogP contribution in [0.5, 0.6) is 0 Å². The van der Waals surface area contributed by atoms with Gasteiger partial charge in [-0.3, -0.25) is 4.90 Å². The third kappa shape index (κ3) is 3.74. The highest BCUT2D eigenvalue weighted by Crippen LogP contribution is 2.23. The molecule has 3 nitrogen and oxygen atoms in total. The molecule has 0 aromatic carbocycles. The molecule has 1 heterocycles. The zero-order chi connectivity index (χ0) is 11.3. The van der Waals surface area contributed by atoms with Crippen LogP contribution in [0.25, 0.3) is 0 Å². The molecule has 1 rings (SSSR count). The molecule has 0 N–H and O–H groups in total. The van der Waals surface area contributed by atoms with Crippen molar-refractivity contribution in [3.63, 3.8) is 0 Å². The molecular formula is C12H25NO2. The van der Waals surface area contributed by atoms with E-state index in [1.54, 1.807) is 0 Å². The Bertz CT molecular complexity index is 159. The van der Waals surface area contributed by atoms with Crippen molar-refractivity contribution in [1.29, 1.82) is 0 Å². The maximum Gasteiger partial charge on any atom is 0.170 e. The van der Waals surface area contributed by atoms with E-state index in [9.17, 15) is 0 Å². The molecule has 1 aliphatic heterocycles. The molecule has 1 fully saturated rings. The molecule has 15 heavy (non-hydrogen) atoms. The normalized spacial score (nSPS) is 27.8. The summed E-state index contributed by atoms with van der Waals surface area (Å²) in [5.41, 5.74) is 0. The van der Waals surface area contributed by atoms with Gasteiger partial charge in [-0.15, -0.1) is 0 Å². The van der Waals surface area contributed by atoms with Crippen LogP contribution in [-0.4, -0.2) is 43.0 Å². The molecule has 0 aromatic rings. The van der Waals surface area contributed by atoms with Crippen LogP contribution in [0, 0.1) is 0 Å². The summed E-state index contributed by atoms with van der Waals surface area (Å²) in [5.74, 6) is 0. The molecule has 1 saturated heterocycles. The van der Waals surface area contributed by atoms with Crippen LogP contribution in [0.3, 0.4) is 0 Å². The summed E-state index contributed by atoms with van der Waals surface area (Å²) < 4.78 is 11.2. The minimum absolute atomic E-state index is 0.0528. The topological polar surface area (TPSA) is 21.7 Å². The van der Waals surface area contributed by atoms with E-state index < -0.39 is 0 Å². The minimum Gasteiger partial charge on any atom is -0.352 e. The van der Waals surface area contributed by atoms with Crippen molar-refractivity contribution in [3.05, 3.63) is 0 Å². The lowest BCUT2D eigenvalue weighted by Gasteiger charge is -2.30. The average molecular weight is 215 g/mol. The van der Waals surface area contributed by atoms with Gasteiger partial charge in [-0.25, -0.2) is 0 Å². The molecule has 0 saturated carbocycles. The summed E-state index contributed by atoms with van der Waals surface area (Å²) in [5, 5.41) is 0. The van der Waals surface area contributed by atoms with E-state index in [-0.39, 0.29) is 6.29 Å². The molecule has 0 unspecified atom stereocenters. The zero-order valence-corrected chi connectivity index (χ0v) is 10.5. The van der Waals surface area contributed by atoms with Gasteiger partial charge < -0.3 is 9.47 Å². The smallest absolute Gasteiger partial charge is 0.170 e. The van der Waals surface area contributed by atoms with Gasteiger partial charge in [0.1, 0.15) is 0 Å². The van der Waals surface area contributed by atoms with Crippen LogP contribution in [0.2, 0.25) is 0 Å². The Morgan fingerprint density at radius 2 is 1.53 bits per heavy atom. The minimum atomic E-state index is -0.0528. The molecule has 3 heteroatoms. The first-order valence-corrected chi connectivity index (χ1v) is 6.18. The third-order valence-electron chi connectivity index (χ3n) is 3.20. The second-order valence-electron chi connectivity index (χ2n) is 4.31. The summed E-state index contributed by atoms with van der Waals surface area (Å²) in [6, 6.07) is 1.34. The van der Waals surface area contributed by atoms with Crippen LogP contribution in [0.15, 0.2) is 0 Å². The molecular weight excluding hydrogens is 190 g/mol. The largest absolute Gasteiger partial charge is 0.352 e. The van der Waals surface area contributed by atoms with Gasteiger partial charge in [-0.2, -0.15) is 0 Å². The Morgan fingerprint density at radius 3 is 1.93 bits per heavy atom. The second kappa shape index (κ2) is 6.46. The van der Waals surface area contributed by atoms with Gasteiger partial charge in [0.2, 0.25) is 0 Å². The number of hydrogen-bond acceptors (Lipinski definition) is 3. The molecule has 0 spiro atoms. The first kappa shape index (κ1) is 12.9. The van der Waals surface area contributed by atoms with Crippen LogP contribution < -0.4 is 0 Å². The summed E-state index contributed by atoms with van der Waals surface area (Å²) in [7, 11) is 0. The molecule has 90 valence electrons. The van der Waals surface area contributed by atoms with Gasteiger partial charge in [0.25, 0.3) is 0 Å². The lowest BCUT2D eigenvalue weighted by Crippen LogP contribution is -2.41. The lowest BCUT2D eigenvalue weighted by molar-refractivity contribution is -0.150. The Labute approximate surface area is 93.7 Å². The highest BCUT2D eigenvalue weighted by atomic mass is 16.7. The predicted molar refractivity (Wildman–Crippen MR) is 61.9 cm³/mol. The monoisotopic (exact) mass is 215 g/mol. The zero-order valence-electron chi connectivity index (χ0n) is 10.5. The fraction of sp³-hybridized carbons (Fsp3) is 1.00. The van der Waals surface area contributed by atoms with E-state index in [1.807, 2.05) is 13.8 Å². The average Bonchev–Trinajstić information content (AvgIpc) is 2.50. The quantitative estimate of drug-likeness (QED) is 0.634. The van der Waals surface area contributed by atoms with Crippen LogP contribution >= 0.6 is 0 Å². The maximum absolute atomic E-state index is 5.58. The molecule has 0 radical (unpaired) electrons. The van der Waals surface area contributed by atoms with E-state index in [0.717, 1.165) is 19.8 Å². The van der Waals surface area contributed by atoms with Crippen molar-refractivity contribution in [3.8, 4) is 0 Å². The van der Waals surface area contributed by atoms with E-state index in [0.29, 0.717) is 12.1 Å². The molecule has 0 aromatic heterocycles. The van der Waals surface area contributed by atoms with E-state index in [1.165, 1.54) is 12.8 Å². The third-order valence-corrected chi connectivity index (χ3v) is 3.20. The maximum atomic E-state index is 5.58. The summed E-state index contributed by atoms with van der Waals surface area (Å²) in [6.07, 6.45) is 2.54. The van der Waals surface area contributed by atoms with Gasteiger partial charge >= 0.3 is 0 Å². The number of rotatable bonds is 6. The number of ether oxygens (including phenoxy) is 2. The Balaban J connectivity index is 2.41. The van der Waals surface area contributed by atoms with Crippen molar-refractivity contribution in [2.24, 2.45) is 0 Å². The van der Waals surface area contributed by atoms with Crippen LogP contribution in [-0.2, 0) is 9.47 Å². The van der Waals surface area contributed by atoms with E-state index in [2.05, 4.69) is 18.7 Å². The van der Waals surface area contributed by atoms with Crippen molar-refractivity contribution in [1.82, 2.24) is 4.90 Å². The molecule has 0 amide bonds. The van der Waals surface area contributed by atoms with Crippen molar-refractivity contribution in [2.45, 2.75) is 58.9 Å². The SMILES string of the molecule is CCOC(CN1[C@@H](C)CC[C@@H]1C)OCC. The summed E-state index contributed by atoms with van der Waals surface area (Å²) >= 11 is 0. The summed E-state index contributed by atoms with van der Waals surface area (Å²) in [6.45, 7) is 11.0. The van der Waals surface area contributed by atoms with Gasteiger partial charge in [-0.05, 0) is 40.5 Å². The highest BCUT2D eigenvalue weighted by molar-refractivity contribution is 4.82. The predicted octanol–water partition coefficient (Wildman–Crippen LogP) is 2.26. The van der Waals surface area contributed by atoms with Crippen LogP contribution in [0.4, 0.5) is 0 Å². The van der Waals surface area contributed by atoms with Crippen molar-refractivity contribution >= 4 is 0 Å². The molecule has 2 atom stereocenters. The van der Waals surface area contributed by atoms with Gasteiger partial charge in [0.05, 0.1) is 6.54 Å². The van der Waals surface area contributed by atoms with E-state index >= 15 is 0 Å². The van der Waals surface area contributed by atoms with Gasteiger partial charge in [-0.1, -0.05) is 0 Å². The molecule has 0 bridgehead atoms.